The number of piperazine rings is 1. The number of hydrogen-bond acceptors (Lipinski definition) is 10. The van der Waals surface area contributed by atoms with Gasteiger partial charge in [-0.3, -0.25) is 0 Å². The fourth-order valence-electron chi connectivity index (χ4n) is 3.32. The molecule has 1 aliphatic rings. The first-order chi connectivity index (χ1) is 15.3. The Kier molecular flexibility index (Phi) is 6.38. The molecule has 2 aromatic heterocycles. The average Bonchev–Trinajstić information content (AvgIpc) is 3.15. The van der Waals surface area contributed by atoms with Crippen molar-refractivity contribution in [3.63, 3.8) is 0 Å². The lowest BCUT2D eigenvalue weighted by atomic mass is 10.3. The molecule has 10 nitrogen and oxygen atoms in total. The molecule has 1 saturated heterocycles. The number of rotatable bonds is 6. The Labute approximate surface area is 190 Å². The monoisotopic (exact) mass is 476 g/mol. The maximum Gasteiger partial charge on any atom is 0.343 e. The molecule has 1 fully saturated rings. The third-order valence-corrected chi connectivity index (χ3v) is 7.92. The molecule has 3 heterocycles. The summed E-state index contributed by atoms with van der Waals surface area (Å²) < 4.78 is 33.4. The number of likely N-dealkylation sites (N-methyl/N-ethyl adjacent to an activating group) is 1. The molecule has 4 rings (SSSR count). The summed E-state index contributed by atoms with van der Waals surface area (Å²) >= 11 is 1.28. The van der Waals surface area contributed by atoms with Crippen molar-refractivity contribution in [1.29, 1.82) is 0 Å². The molecule has 0 saturated carbocycles. The van der Waals surface area contributed by atoms with Gasteiger partial charge in [-0.1, -0.05) is 11.3 Å². The molecule has 0 spiro atoms. The minimum absolute atomic E-state index is 0.204. The van der Waals surface area contributed by atoms with Crippen LogP contribution in [0.1, 0.15) is 23.1 Å². The molecule has 32 heavy (non-hydrogen) atoms. The molecule has 1 N–H and O–H groups in total. The van der Waals surface area contributed by atoms with Crippen molar-refractivity contribution in [1.82, 2.24) is 24.2 Å². The van der Waals surface area contributed by atoms with E-state index < -0.39 is 16.0 Å². The average molecular weight is 477 g/mol. The largest absolute Gasteiger partial charge is 0.462 e. The first-order valence-corrected chi connectivity index (χ1v) is 12.4. The van der Waals surface area contributed by atoms with E-state index in [-0.39, 0.29) is 17.1 Å². The highest BCUT2D eigenvalue weighted by Gasteiger charge is 2.28. The summed E-state index contributed by atoms with van der Waals surface area (Å²) in [4.78, 5) is 27.5. The highest BCUT2D eigenvalue weighted by molar-refractivity contribution is 7.89. The zero-order valence-electron chi connectivity index (χ0n) is 18.0. The molecule has 3 aromatic rings. The molecule has 0 amide bonds. The summed E-state index contributed by atoms with van der Waals surface area (Å²) in [5, 5.41) is 3.54. The van der Waals surface area contributed by atoms with E-state index in [0.717, 1.165) is 0 Å². The second-order valence-corrected chi connectivity index (χ2v) is 10.3. The second-order valence-electron chi connectivity index (χ2n) is 7.38. The molecule has 0 aliphatic carbocycles. The van der Waals surface area contributed by atoms with Crippen molar-refractivity contribution in [3.05, 3.63) is 35.8 Å². The highest BCUT2D eigenvalue weighted by atomic mass is 32.2. The summed E-state index contributed by atoms with van der Waals surface area (Å²) in [6.45, 7) is 6.02. The standard InChI is InChI=1S/C20H24N6O4S2/c1-4-30-19(27)15-12-21-13(2)22-18(15)24-20-23-16-6-5-14(11-17(16)31-20)32(28,29)26-9-7-25(3)8-10-26/h5-6,11-12H,4,7-10H2,1-3H3,(H,21,22,23,24). The van der Waals surface area contributed by atoms with Gasteiger partial charge in [-0.25, -0.2) is 28.2 Å². The van der Waals surface area contributed by atoms with Crippen molar-refractivity contribution < 1.29 is 17.9 Å². The summed E-state index contributed by atoms with van der Waals surface area (Å²) in [6.07, 6.45) is 1.41. The lowest BCUT2D eigenvalue weighted by molar-refractivity contribution is 0.0526. The Morgan fingerprint density at radius 2 is 1.97 bits per heavy atom. The zero-order chi connectivity index (χ0) is 22.9. The van der Waals surface area contributed by atoms with Gasteiger partial charge < -0.3 is 15.0 Å². The number of aryl methyl sites for hydroxylation is 1. The van der Waals surface area contributed by atoms with E-state index in [4.69, 9.17) is 4.74 Å². The van der Waals surface area contributed by atoms with E-state index in [1.165, 1.54) is 21.8 Å². The van der Waals surface area contributed by atoms with Crippen LogP contribution < -0.4 is 5.32 Å². The number of benzene rings is 1. The molecule has 0 atom stereocenters. The maximum absolute atomic E-state index is 13.1. The van der Waals surface area contributed by atoms with Gasteiger partial charge >= 0.3 is 5.97 Å². The van der Waals surface area contributed by atoms with Crippen LogP contribution in [0.3, 0.4) is 0 Å². The van der Waals surface area contributed by atoms with E-state index in [1.807, 2.05) is 7.05 Å². The van der Waals surface area contributed by atoms with Crippen LogP contribution >= 0.6 is 11.3 Å². The quantitative estimate of drug-likeness (QED) is 0.534. The Hall–Kier alpha value is -2.67. The van der Waals surface area contributed by atoms with Crippen LogP contribution in [0.15, 0.2) is 29.3 Å². The van der Waals surface area contributed by atoms with Gasteiger partial charge in [-0.05, 0) is 39.1 Å². The van der Waals surface area contributed by atoms with E-state index in [9.17, 15) is 13.2 Å². The number of ether oxygens (including phenoxy) is 1. The minimum atomic E-state index is -3.57. The summed E-state index contributed by atoms with van der Waals surface area (Å²) in [5.74, 6) is 0.249. The lowest BCUT2D eigenvalue weighted by Crippen LogP contribution is -2.46. The molecular formula is C20H24N6O4S2. The van der Waals surface area contributed by atoms with Crippen molar-refractivity contribution in [2.45, 2.75) is 18.7 Å². The highest BCUT2D eigenvalue weighted by Crippen LogP contribution is 2.31. The summed E-state index contributed by atoms with van der Waals surface area (Å²) in [6, 6.07) is 4.92. The number of nitrogens with zero attached hydrogens (tertiary/aromatic N) is 5. The number of carbonyl (C=O) groups is 1. The van der Waals surface area contributed by atoms with E-state index in [2.05, 4.69) is 25.2 Å². The number of carbonyl (C=O) groups excluding carboxylic acids is 1. The summed E-state index contributed by atoms with van der Waals surface area (Å²) in [7, 11) is -1.59. The van der Waals surface area contributed by atoms with Crippen molar-refractivity contribution in [2.75, 3.05) is 45.2 Å². The van der Waals surface area contributed by atoms with Crippen LogP contribution in [-0.2, 0) is 14.8 Å². The zero-order valence-corrected chi connectivity index (χ0v) is 19.7. The molecule has 1 aromatic carbocycles. The van der Waals surface area contributed by atoms with Gasteiger partial charge in [0.05, 0.1) is 21.7 Å². The third-order valence-electron chi connectivity index (χ3n) is 5.09. The first-order valence-electron chi connectivity index (χ1n) is 10.1. The number of esters is 1. The van der Waals surface area contributed by atoms with Gasteiger partial charge in [0.1, 0.15) is 11.4 Å². The van der Waals surface area contributed by atoms with E-state index in [1.54, 1.807) is 32.0 Å². The molecule has 0 unspecified atom stereocenters. The Balaban J connectivity index is 1.62. The number of hydrogen-bond donors (Lipinski definition) is 1. The Morgan fingerprint density at radius 1 is 1.22 bits per heavy atom. The Bertz CT molecular complexity index is 1250. The number of anilines is 2. The number of sulfonamides is 1. The molecule has 0 bridgehead atoms. The van der Waals surface area contributed by atoms with Crippen LogP contribution in [0.4, 0.5) is 10.9 Å². The first kappa shape index (κ1) is 22.5. The molecule has 12 heteroatoms. The van der Waals surface area contributed by atoms with Crippen LogP contribution in [0, 0.1) is 6.92 Å². The van der Waals surface area contributed by atoms with Crippen LogP contribution in [0.2, 0.25) is 0 Å². The van der Waals surface area contributed by atoms with Crippen molar-refractivity contribution >= 4 is 48.5 Å². The third kappa shape index (κ3) is 4.58. The van der Waals surface area contributed by atoms with Gasteiger partial charge in [-0.2, -0.15) is 4.31 Å². The normalized spacial score (nSPS) is 15.7. The van der Waals surface area contributed by atoms with E-state index >= 15 is 0 Å². The predicted molar refractivity (Wildman–Crippen MR) is 122 cm³/mol. The van der Waals surface area contributed by atoms with E-state index in [0.29, 0.717) is 53.2 Å². The van der Waals surface area contributed by atoms with Gasteiger partial charge in [0.15, 0.2) is 10.9 Å². The fraction of sp³-hybridized carbons (Fsp3) is 0.400. The molecule has 0 radical (unpaired) electrons. The van der Waals surface area contributed by atoms with Crippen LogP contribution in [0.5, 0.6) is 0 Å². The number of aromatic nitrogens is 3. The van der Waals surface area contributed by atoms with Crippen molar-refractivity contribution in [2.24, 2.45) is 0 Å². The number of fused-ring (bicyclic) bond motifs is 1. The van der Waals surface area contributed by atoms with Gasteiger partial charge in [0, 0.05) is 32.4 Å². The number of thiazole rings is 1. The minimum Gasteiger partial charge on any atom is -0.462 e. The van der Waals surface area contributed by atoms with Gasteiger partial charge in [0.2, 0.25) is 10.0 Å². The molecule has 170 valence electrons. The fourth-order valence-corrected chi connectivity index (χ4v) is 5.75. The van der Waals surface area contributed by atoms with Crippen LogP contribution in [0.25, 0.3) is 10.2 Å². The van der Waals surface area contributed by atoms with Gasteiger partial charge in [0.25, 0.3) is 0 Å². The van der Waals surface area contributed by atoms with Crippen LogP contribution in [-0.4, -0.2) is 78.4 Å². The molecule has 1 aliphatic heterocycles. The van der Waals surface area contributed by atoms with Crippen molar-refractivity contribution in [3.8, 4) is 0 Å². The SMILES string of the molecule is CCOC(=O)c1cnc(C)nc1Nc1nc2ccc(S(=O)(=O)N3CCN(C)CC3)cc2s1. The number of nitrogens with one attached hydrogen (secondary N) is 1. The predicted octanol–water partition coefficient (Wildman–Crippen LogP) is 2.25. The second kappa shape index (κ2) is 9.06. The molecular weight excluding hydrogens is 452 g/mol. The smallest absolute Gasteiger partial charge is 0.343 e. The summed E-state index contributed by atoms with van der Waals surface area (Å²) in [5.41, 5.74) is 0.855. The maximum atomic E-state index is 13.1. The Morgan fingerprint density at radius 3 is 2.69 bits per heavy atom. The van der Waals surface area contributed by atoms with Gasteiger partial charge in [-0.15, -0.1) is 0 Å². The lowest BCUT2D eigenvalue weighted by Gasteiger charge is -2.31. The topological polar surface area (TPSA) is 118 Å².